The first kappa shape index (κ1) is 18.8. The van der Waals surface area contributed by atoms with Crippen LogP contribution in [0.15, 0.2) is 53.9 Å². The number of para-hydroxylation sites is 1. The molecule has 1 amide bonds. The fourth-order valence-corrected chi connectivity index (χ4v) is 4.45. The molecule has 0 aliphatic carbocycles. The van der Waals surface area contributed by atoms with Crippen LogP contribution in [0.5, 0.6) is 0 Å². The molecule has 0 radical (unpaired) electrons. The molecule has 5 rings (SSSR count). The molecule has 7 heteroatoms. The first-order chi connectivity index (χ1) is 14.7. The van der Waals surface area contributed by atoms with Gasteiger partial charge >= 0.3 is 0 Å². The van der Waals surface area contributed by atoms with Crippen LogP contribution in [0.1, 0.15) is 28.5 Å². The number of benzene rings is 2. The lowest BCUT2D eigenvalue weighted by Crippen LogP contribution is -2.33. The molecule has 2 aromatic heterocycles. The van der Waals surface area contributed by atoms with Crippen LogP contribution >= 0.6 is 11.5 Å². The number of carbonyl (C=O) groups is 1. The van der Waals surface area contributed by atoms with Gasteiger partial charge in [-0.25, -0.2) is 0 Å². The van der Waals surface area contributed by atoms with Gasteiger partial charge in [-0.3, -0.25) is 14.7 Å². The second-order valence-corrected chi connectivity index (χ2v) is 7.98. The molecule has 0 unspecified atom stereocenters. The van der Waals surface area contributed by atoms with Gasteiger partial charge in [0, 0.05) is 52.8 Å². The third-order valence-electron chi connectivity index (χ3n) is 5.60. The number of hydrogen-bond acceptors (Lipinski definition) is 6. The quantitative estimate of drug-likeness (QED) is 0.535. The highest BCUT2D eigenvalue weighted by Crippen LogP contribution is 2.29. The van der Waals surface area contributed by atoms with Crippen molar-refractivity contribution in [3.8, 4) is 11.3 Å². The van der Waals surface area contributed by atoms with Crippen LogP contribution in [-0.4, -0.2) is 38.5 Å². The molecule has 3 heterocycles. The lowest BCUT2D eigenvalue weighted by molar-refractivity contribution is 0.102. The minimum Gasteiger partial charge on any atom is -0.322 e. The van der Waals surface area contributed by atoms with Crippen molar-refractivity contribution in [2.75, 3.05) is 18.4 Å². The minimum absolute atomic E-state index is 0.0918. The zero-order chi connectivity index (χ0) is 20.5. The molecule has 2 aromatic carbocycles. The fraction of sp³-hybridized carbons (Fsp3) is 0.217. The average Bonchev–Trinajstić information content (AvgIpc) is 3.32. The molecule has 0 spiro atoms. The van der Waals surface area contributed by atoms with Gasteiger partial charge in [-0.05, 0) is 36.3 Å². The SMILES string of the molecule is CCN1CCc2nc3ccccc3c(C(=O)Nc3ccc(-c4csnn4)cc3)c2C1. The summed E-state index contributed by atoms with van der Waals surface area (Å²) in [4.78, 5) is 20.6. The summed E-state index contributed by atoms with van der Waals surface area (Å²) in [6.07, 6.45) is 0.866. The predicted octanol–water partition coefficient (Wildman–Crippen LogP) is 4.38. The lowest BCUT2D eigenvalue weighted by Gasteiger charge is -2.29. The van der Waals surface area contributed by atoms with E-state index < -0.39 is 0 Å². The number of carbonyl (C=O) groups excluding carboxylic acids is 1. The van der Waals surface area contributed by atoms with Crippen molar-refractivity contribution in [2.45, 2.75) is 19.9 Å². The van der Waals surface area contributed by atoms with Gasteiger partial charge in [0.05, 0.1) is 11.1 Å². The molecule has 1 aliphatic heterocycles. The van der Waals surface area contributed by atoms with Gasteiger partial charge in [0.15, 0.2) is 0 Å². The number of nitrogens with one attached hydrogen (secondary N) is 1. The highest BCUT2D eigenvalue weighted by Gasteiger charge is 2.25. The summed E-state index contributed by atoms with van der Waals surface area (Å²) in [7, 11) is 0. The molecule has 30 heavy (non-hydrogen) atoms. The number of amides is 1. The molecule has 1 aliphatic rings. The molecule has 0 fully saturated rings. The molecule has 150 valence electrons. The Labute approximate surface area is 178 Å². The normalized spacial score (nSPS) is 13.9. The number of nitrogens with zero attached hydrogens (tertiary/aromatic N) is 4. The number of fused-ring (bicyclic) bond motifs is 2. The standard InChI is InChI=1S/C23H21N5OS/c1-2-28-12-11-20-18(13-28)22(17-5-3-4-6-19(17)25-20)23(29)24-16-9-7-15(8-10-16)21-14-30-27-26-21/h3-10,14H,2,11-13H2,1H3,(H,24,29). The minimum atomic E-state index is -0.0918. The predicted molar refractivity (Wildman–Crippen MR) is 120 cm³/mol. The van der Waals surface area contributed by atoms with Gasteiger partial charge in [0.25, 0.3) is 5.91 Å². The largest absolute Gasteiger partial charge is 0.322 e. The van der Waals surface area contributed by atoms with Gasteiger partial charge in [0.2, 0.25) is 0 Å². The Balaban J connectivity index is 1.51. The van der Waals surface area contributed by atoms with Crippen molar-refractivity contribution in [2.24, 2.45) is 0 Å². The maximum atomic E-state index is 13.4. The van der Waals surface area contributed by atoms with Crippen molar-refractivity contribution in [3.63, 3.8) is 0 Å². The molecular formula is C23H21N5OS. The molecule has 0 atom stereocenters. The van der Waals surface area contributed by atoms with Gasteiger partial charge in [-0.2, -0.15) is 0 Å². The number of likely N-dealkylation sites (N-methyl/N-ethyl adjacent to an activating group) is 1. The molecule has 0 bridgehead atoms. The van der Waals surface area contributed by atoms with E-state index in [4.69, 9.17) is 4.98 Å². The number of rotatable bonds is 4. The molecule has 6 nitrogen and oxygen atoms in total. The van der Waals surface area contributed by atoms with E-state index in [9.17, 15) is 4.79 Å². The summed E-state index contributed by atoms with van der Waals surface area (Å²) < 4.78 is 3.90. The molecular weight excluding hydrogens is 394 g/mol. The van der Waals surface area contributed by atoms with Crippen molar-refractivity contribution in [1.29, 1.82) is 0 Å². The zero-order valence-electron chi connectivity index (χ0n) is 16.6. The molecule has 4 aromatic rings. The highest BCUT2D eigenvalue weighted by molar-refractivity contribution is 7.03. The van der Waals surface area contributed by atoms with Gasteiger partial charge in [-0.1, -0.05) is 41.7 Å². The van der Waals surface area contributed by atoms with Crippen molar-refractivity contribution in [1.82, 2.24) is 19.5 Å². The monoisotopic (exact) mass is 415 g/mol. The molecule has 1 N–H and O–H groups in total. The van der Waals surface area contributed by atoms with Crippen LogP contribution in [0.25, 0.3) is 22.2 Å². The summed E-state index contributed by atoms with van der Waals surface area (Å²) in [6, 6.07) is 15.6. The lowest BCUT2D eigenvalue weighted by atomic mass is 9.95. The summed E-state index contributed by atoms with van der Waals surface area (Å²) in [6.45, 7) is 4.84. The average molecular weight is 416 g/mol. The van der Waals surface area contributed by atoms with Crippen LogP contribution in [0.4, 0.5) is 5.69 Å². The first-order valence-corrected chi connectivity index (χ1v) is 10.9. The second-order valence-electron chi connectivity index (χ2n) is 7.37. The van der Waals surface area contributed by atoms with Gasteiger partial charge in [0.1, 0.15) is 5.69 Å². The van der Waals surface area contributed by atoms with E-state index >= 15 is 0 Å². The van der Waals surface area contributed by atoms with E-state index in [-0.39, 0.29) is 5.91 Å². The van der Waals surface area contributed by atoms with E-state index in [1.54, 1.807) is 0 Å². The van der Waals surface area contributed by atoms with Crippen molar-refractivity contribution >= 4 is 34.0 Å². The maximum Gasteiger partial charge on any atom is 0.256 e. The Morgan fingerprint density at radius 1 is 1.17 bits per heavy atom. The number of anilines is 1. The fourth-order valence-electron chi connectivity index (χ4n) is 3.98. The van der Waals surface area contributed by atoms with Crippen molar-refractivity contribution in [3.05, 3.63) is 70.7 Å². The highest BCUT2D eigenvalue weighted by atomic mass is 32.1. The zero-order valence-corrected chi connectivity index (χ0v) is 17.4. The molecule has 0 saturated carbocycles. The van der Waals surface area contributed by atoms with Gasteiger partial charge < -0.3 is 5.32 Å². The van der Waals surface area contributed by atoms with Crippen LogP contribution in [0, 0.1) is 0 Å². The summed E-state index contributed by atoms with van der Waals surface area (Å²) in [5.74, 6) is -0.0918. The number of aromatic nitrogens is 3. The van der Waals surface area contributed by atoms with Crippen molar-refractivity contribution < 1.29 is 4.79 Å². The van der Waals surface area contributed by atoms with E-state index in [0.29, 0.717) is 0 Å². The number of pyridine rings is 1. The Morgan fingerprint density at radius 2 is 2.00 bits per heavy atom. The van der Waals surface area contributed by atoms with E-state index in [1.165, 1.54) is 11.5 Å². The first-order valence-electron chi connectivity index (χ1n) is 10.0. The Kier molecular flexibility index (Phi) is 4.98. The van der Waals surface area contributed by atoms with Crippen LogP contribution in [0.3, 0.4) is 0 Å². The van der Waals surface area contributed by atoms with Crippen LogP contribution < -0.4 is 5.32 Å². The van der Waals surface area contributed by atoms with Crippen LogP contribution in [0.2, 0.25) is 0 Å². The molecule has 0 saturated heterocycles. The van der Waals surface area contributed by atoms with Gasteiger partial charge in [-0.15, -0.1) is 5.10 Å². The second kappa shape index (κ2) is 7.93. The topological polar surface area (TPSA) is 71.0 Å². The maximum absolute atomic E-state index is 13.4. The third-order valence-corrected chi connectivity index (χ3v) is 6.10. The number of hydrogen-bond donors (Lipinski definition) is 1. The smallest absolute Gasteiger partial charge is 0.256 e. The van der Waals surface area contributed by atoms with E-state index in [1.807, 2.05) is 53.9 Å². The van der Waals surface area contributed by atoms with E-state index in [0.717, 1.165) is 70.7 Å². The Hall–Kier alpha value is -3.16. The summed E-state index contributed by atoms with van der Waals surface area (Å²) in [5, 5.41) is 9.98. The third kappa shape index (κ3) is 3.46. The summed E-state index contributed by atoms with van der Waals surface area (Å²) >= 11 is 1.32. The van der Waals surface area contributed by atoms with E-state index in [2.05, 4.69) is 26.7 Å². The summed E-state index contributed by atoms with van der Waals surface area (Å²) in [5.41, 5.74) is 6.27. The van der Waals surface area contributed by atoms with Crippen LogP contribution in [-0.2, 0) is 13.0 Å². The Morgan fingerprint density at radius 3 is 2.77 bits per heavy atom. The Bertz CT molecular complexity index is 1200.